The van der Waals surface area contributed by atoms with Gasteiger partial charge in [-0.2, -0.15) is 13.2 Å². The van der Waals surface area contributed by atoms with Crippen molar-refractivity contribution in [3.05, 3.63) is 28.8 Å². The minimum Gasteiger partial charge on any atom is -0.496 e. The van der Waals surface area contributed by atoms with E-state index in [1.165, 1.54) is 12.0 Å². The van der Waals surface area contributed by atoms with Crippen LogP contribution in [0, 0.1) is 13.8 Å². The fourth-order valence-electron chi connectivity index (χ4n) is 3.01. The molecule has 0 unspecified atom stereocenters. The van der Waals surface area contributed by atoms with E-state index in [0.29, 0.717) is 37.5 Å². The van der Waals surface area contributed by atoms with E-state index in [4.69, 9.17) is 4.74 Å². The van der Waals surface area contributed by atoms with E-state index in [1.54, 1.807) is 26.0 Å². The predicted molar refractivity (Wildman–Crippen MR) is 83.0 cm³/mol. The van der Waals surface area contributed by atoms with Crippen LogP contribution in [0.4, 0.5) is 13.2 Å². The molecule has 3 nitrogen and oxygen atoms in total. The minimum absolute atomic E-state index is 0. The van der Waals surface area contributed by atoms with Gasteiger partial charge in [-0.25, -0.2) is 0 Å². The number of halogens is 4. The molecule has 0 aliphatic carbocycles. The Hall–Kier alpha value is -0.980. The minimum atomic E-state index is -4.29. The normalized spacial score (nSPS) is 17.7. The molecule has 0 aromatic heterocycles. The number of methoxy groups -OCH3 is 1. The molecule has 0 spiro atoms. The number of rotatable bonds is 3. The van der Waals surface area contributed by atoms with Gasteiger partial charge >= 0.3 is 6.18 Å². The highest BCUT2D eigenvalue weighted by molar-refractivity contribution is 5.85. The lowest BCUT2D eigenvalue weighted by Crippen LogP contribution is -2.49. The van der Waals surface area contributed by atoms with Gasteiger partial charge in [0.1, 0.15) is 11.8 Å². The van der Waals surface area contributed by atoms with E-state index in [2.05, 4.69) is 5.32 Å². The highest BCUT2D eigenvalue weighted by Gasteiger charge is 2.45. The van der Waals surface area contributed by atoms with Crippen LogP contribution < -0.4 is 10.1 Å². The molecular weight excluding hydrogens is 317 g/mol. The third-order valence-corrected chi connectivity index (χ3v) is 3.83. The van der Waals surface area contributed by atoms with Gasteiger partial charge in [-0.3, -0.25) is 4.90 Å². The fraction of sp³-hybridized carbons (Fsp3) is 0.600. The third kappa shape index (κ3) is 4.06. The Bertz CT molecular complexity index is 479. The van der Waals surface area contributed by atoms with Gasteiger partial charge in [-0.05, 0) is 30.5 Å². The second kappa shape index (κ2) is 7.53. The molecule has 2 rings (SSSR count). The SMILES string of the molecule is COc1c(C)cc([C@@H](N2CCNCC2)C(F)(F)F)cc1C.Cl. The lowest BCUT2D eigenvalue weighted by molar-refractivity contribution is -0.187. The van der Waals surface area contributed by atoms with Crippen molar-refractivity contribution in [3.8, 4) is 5.75 Å². The zero-order chi connectivity index (χ0) is 15.6. The van der Waals surface area contributed by atoms with E-state index >= 15 is 0 Å². The summed E-state index contributed by atoms with van der Waals surface area (Å²) in [6.07, 6.45) is -4.29. The van der Waals surface area contributed by atoms with Gasteiger partial charge in [0.2, 0.25) is 0 Å². The quantitative estimate of drug-likeness (QED) is 0.915. The summed E-state index contributed by atoms with van der Waals surface area (Å²) < 4.78 is 45.9. The van der Waals surface area contributed by atoms with Crippen LogP contribution in [-0.4, -0.2) is 44.4 Å². The molecule has 1 aromatic rings. The van der Waals surface area contributed by atoms with Crippen molar-refractivity contribution >= 4 is 12.4 Å². The Morgan fingerprint density at radius 3 is 2.05 bits per heavy atom. The highest BCUT2D eigenvalue weighted by Crippen LogP contribution is 2.40. The van der Waals surface area contributed by atoms with Crippen LogP contribution >= 0.6 is 12.4 Å². The number of hydrogen-bond acceptors (Lipinski definition) is 3. The standard InChI is InChI=1S/C15H21F3N2O.ClH/c1-10-8-12(9-11(2)13(10)21-3)14(15(16,17)18)20-6-4-19-5-7-20;/h8-9,14,19H,4-7H2,1-3H3;1H/t14-;/m1./s1. The lowest BCUT2D eigenvalue weighted by Gasteiger charge is -2.36. The van der Waals surface area contributed by atoms with Crippen molar-refractivity contribution in [2.24, 2.45) is 0 Å². The van der Waals surface area contributed by atoms with Gasteiger partial charge in [0.05, 0.1) is 7.11 Å². The summed E-state index contributed by atoms with van der Waals surface area (Å²) in [5, 5.41) is 3.08. The molecule has 1 fully saturated rings. The summed E-state index contributed by atoms with van der Waals surface area (Å²) in [6, 6.07) is 1.63. The lowest BCUT2D eigenvalue weighted by atomic mass is 9.98. The number of aryl methyl sites for hydroxylation is 2. The van der Waals surface area contributed by atoms with Crippen LogP contribution in [0.3, 0.4) is 0 Å². The molecule has 0 amide bonds. The largest absolute Gasteiger partial charge is 0.496 e. The van der Waals surface area contributed by atoms with Crippen LogP contribution in [0.2, 0.25) is 0 Å². The summed E-state index contributed by atoms with van der Waals surface area (Å²) in [5.41, 5.74) is 1.76. The summed E-state index contributed by atoms with van der Waals surface area (Å²) >= 11 is 0. The maximum absolute atomic E-state index is 13.5. The van der Waals surface area contributed by atoms with Gasteiger partial charge in [0.25, 0.3) is 0 Å². The number of alkyl halides is 3. The molecule has 1 aliphatic heterocycles. The summed E-state index contributed by atoms with van der Waals surface area (Å²) in [4.78, 5) is 1.50. The topological polar surface area (TPSA) is 24.5 Å². The zero-order valence-corrected chi connectivity index (χ0v) is 13.8. The first kappa shape index (κ1) is 19.1. The van der Waals surface area contributed by atoms with E-state index in [-0.39, 0.29) is 12.4 Å². The second-order valence-corrected chi connectivity index (χ2v) is 5.42. The second-order valence-electron chi connectivity index (χ2n) is 5.42. The monoisotopic (exact) mass is 338 g/mol. The highest BCUT2D eigenvalue weighted by atomic mass is 35.5. The Kier molecular flexibility index (Phi) is 6.52. The van der Waals surface area contributed by atoms with Crippen LogP contribution in [0.25, 0.3) is 0 Å². The van der Waals surface area contributed by atoms with Gasteiger partial charge in [0.15, 0.2) is 0 Å². The first-order valence-corrected chi connectivity index (χ1v) is 7.01. The van der Waals surface area contributed by atoms with E-state index in [0.717, 1.165) is 11.1 Å². The molecule has 0 bridgehead atoms. The Morgan fingerprint density at radius 1 is 1.14 bits per heavy atom. The number of benzene rings is 1. The van der Waals surface area contributed by atoms with Gasteiger partial charge in [0, 0.05) is 26.2 Å². The van der Waals surface area contributed by atoms with E-state index in [1.807, 2.05) is 0 Å². The van der Waals surface area contributed by atoms with Crippen LogP contribution in [0.5, 0.6) is 5.75 Å². The number of nitrogens with one attached hydrogen (secondary N) is 1. The summed E-state index contributed by atoms with van der Waals surface area (Å²) in [6.45, 7) is 5.52. The molecule has 1 atom stereocenters. The van der Waals surface area contributed by atoms with Crippen molar-refractivity contribution in [1.82, 2.24) is 10.2 Å². The number of nitrogens with zero attached hydrogens (tertiary/aromatic N) is 1. The molecular formula is C15H22ClF3N2O. The maximum Gasteiger partial charge on any atom is 0.408 e. The average Bonchev–Trinajstić information content (AvgIpc) is 2.38. The van der Waals surface area contributed by atoms with Crippen molar-refractivity contribution < 1.29 is 17.9 Å². The maximum atomic E-state index is 13.5. The molecule has 1 aromatic carbocycles. The average molecular weight is 339 g/mol. The Labute approximate surface area is 135 Å². The summed E-state index contributed by atoms with van der Waals surface area (Å²) in [5.74, 6) is 0.653. The predicted octanol–water partition coefficient (Wildman–Crippen LogP) is 3.24. The molecule has 22 heavy (non-hydrogen) atoms. The zero-order valence-electron chi connectivity index (χ0n) is 13.0. The molecule has 1 N–H and O–H groups in total. The molecule has 0 saturated carbocycles. The first-order valence-electron chi connectivity index (χ1n) is 7.01. The molecule has 0 radical (unpaired) electrons. The van der Waals surface area contributed by atoms with Crippen LogP contribution in [0.15, 0.2) is 12.1 Å². The van der Waals surface area contributed by atoms with Crippen LogP contribution in [0.1, 0.15) is 22.7 Å². The third-order valence-electron chi connectivity index (χ3n) is 3.83. The molecule has 126 valence electrons. The molecule has 1 heterocycles. The Morgan fingerprint density at radius 2 is 1.64 bits per heavy atom. The van der Waals surface area contributed by atoms with Gasteiger partial charge in [-0.1, -0.05) is 12.1 Å². The number of piperazine rings is 1. The van der Waals surface area contributed by atoms with Gasteiger partial charge < -0.3 is 10.1 Å². The molecule has 1 saturated heterocycles. The smallest absolute Gasteiger partial charge is 0.408 e. The fourth-order valence-corrected chi connectivity index (χ4v) is 3.01. The van der Waals surface area contributed by atoms with E-state index in [9.17, 15) is 13.2 Å². The first-order chi connectivity index (χ1) is 9.84. The van der Waals surface area contributed by atoms with Crippen molar-refractivity contribution in [1.29, 1.82) is 0 Å². The summed E-state index contributed by atoms with van der Waals surface area (Å²) in [7, 11) is 1.53. The Balaban J connectivity index is 0.00000242. The van der Waals surface area contributed by atoms with Gasteiger partial charge in [-0.15, -0.1) is 12.4 Å². The molecule has 7 heteroatoms. The van der Waals surface area contributed by atoms with Crippen molar-refractivity contribution in [3.63, 3.8) is 0 Å². The van der Waals surface area contributed by atoms with Crippen molar-refractivity contribution in [2.45, 2.75) is 26.1 Å². The van der Waals surface area contributed by atoms with Crippen LogP contribution in [-0.2, 0) is 0 Å². The van der Waals surface area contributed by atoms with Crippen molar-refractivity contribution in [2.75, 3.05) is 33.3 Å². The van der Waals surface area contributed by atoms with E-state index < -0.39 is 12.2 Å². The number of hydrogen-bond donors (Lipinski definition) is 1. The molecule has 1 aliphatic rings. The number of ether oxygens (including phenoxy) is 1.